The number of hydrogen-bond acceptors (Lipinski definition) is 3. The van der Waals surface area contributed by atoms with Crippen molar-refractivity contribution in [3.8, 4) is 0 Å². The van der Waals surface area contributed by atoms with Crippen molar-refractivity contribution in [3.05, 3.63) is 0 Å². The van der Waals surface area contributed by atoms with Gasteiger partial charge in [-0.05, 0) is 6.42 Å². The molecule has 0 spiro atoms. The molecule has 0 bridgehead atoms. The second-order valence-corrected chi connectivity index (χ2v) is 4.06. The molecule has 0 aliphatic rings. The van der Waals surface area contributed by atoms with Crippen LogP contribution in [-0.4, -0.2) is 18.1 Å². The first kappa shape index (κ1) is 14.3. The molecular weight excluding hydrogens is 190 g/mol. The van der Waals surface area contributed by atoms with E-state index in [1.807, 2.05) is 0 Å². The maximum atomic E-state index is 11.3. The molecule has 15 heavy (non-hydrogen) atoms. The first-order valence-electron chi connectivity index (χ1n) is 5.93. The maximum Gasteiger partial charge on any atom is 0.137 e. The average molecular weight is 213 g/mol. The van der Waals surface area contributed by atoms with Gasteiger partial charge in [-0.1, -0.05) is 39.0 Å². The van der Waals surface area contributed by atoms with E-state index < -0.39 is 6.04 Å². The highest BCUT2D eigenvalue weighted by Gasteiger charge is 2.07. The third-order valence-corrected chi connectivity index (χ3v) is 2.45. The van der Waals surface area contributed by atoms with Crippen molar-refractivity contribution < 1.29 is 9.59 Å². The molecule has 0 saturated carbocycles. The highest BCUT2D eigenvalue weighted by Crippen LogP contribution is 2.08. The molecule has 3 heteroatoms. The van der Waals surface area contributed by atoms with E-state index in [9.17, 15) is 9.59 Å². The topological polar surface area (TPSA) is 60.2 Å². The quantitative estimate of drug-likeness (QED) is 0.447. The van der Waals surface area contributed by atoms with E-state index in [-0.39, 0.29) is 12.2 Å². The summed E-state index contributed by atoms with van der Waals surface area (Å²) >= 11 is 0. The first-order chi connectivity index (χ1) is 7.20. The SMILES string of the molecule is CCCCCCCCC(=O)C[C@H](N)C=O. The summed E-state index contributed by atoms with van der Waals surface area (Å²) in [5.74, 6) is 0.116. The molecular formula is C12H23NO2. The smallest absolute Gasteiger partial charge is 0.137 e. The number of ketones is 1. The Kier molecular flexibility index (Phi) is 9.38. The van der Waals surface area contributed by atoms with E-state index in [1.165, 1.54) is 25.7 Å². The summed E-state index contributed by atoms with van der Waals surface area (Å²) in [4.78, 5) is 21.5. The van der Waals surface area contributed by atoms with E-state index in [0.717, 1.165) is 12.8 Å². The van der Waals surface area contributed by atoms with E-state index in [2.05, 4.69) is 6.92 Å². The number of hydrogen-bond donors (Lipinski definition) is 1. The standard InChI is InChI=1S/C12H23NO2/c1-2-3-4-5-6-7-8-12(15)9-11(13)10-14/h10-11H,2-9,13H2,1H3/t11-/m0/s1. The normalized spacial score (nSPS) is 12.4. The van der Waals surface area contributed by atoms with E-state index in [0.29, 0.717) is 12.7 Å². The Morgan fingerprint density at radius 3 is 2.40 bits per heavy atom. The zero-order chi connectivity index (χ0) is 11.5. The van der Waals surface area contributed by atoms with Gasteiger partial charge in [0.2, 0.25) is 0 Å². The minimum absolute atomic E-state index is 0.116. The van der Waals surface area contributed by atoms with Crippen molar-refractivity contribution in [2.75, 3.05) is 0 Å². The van der Waals surface area contributed by atoms with Crippen LogP contribution in [0.4, 0.5) is 0 Å². The van der Waals surface area contributed by atoms with Gasteiger partial charge in [0.1, 0.15) is 12.1 Å². The molecule has 0 rings (SSSR count). The van der Waals surface area contributed by atoms with Crippen LogP contribution in [0.2, 0.25) is 0 Å². The predicted molar refractivity (Wildman–Crippen MR) is 61.7 cm³/mol. The summed E-state index contributed by atoms with van der Waals surface area (Å²) in [6.07, 6.45) is 8.47. The Bertz CT molecular complexity index is 180. The molecule has 0 fully saturated rings. The van der Waals surface area contributed by atoms with E-state index in [1.54, 1.807) is 0 Å². The number of unbranched alkanes of at least 4 members (excludes halogenated alkanes) is 5. The van der Waals surface area contributed by atoms with Crippen LogP contribution in [0.5, 0.6) is 0 Å². The zero-order valence-corrected chi connectivity index (χ0v) is 9.71. The van der Waals surface area contributed by atoms with Crippen LogP contribution in [0.15, 0.2) is 0 Å². The lowest BCUT2D eigenvalue weighted by Gasteiger charge is -2.03. The minimum Gasteiger partial charge on any atom is -0.321 e. The molecule has 0 radical (unpaired) electrons. The number of aldehydes is 1. The molecule has 0 unspecified atom stereocenters. The van der Waals surface area contributed by atoms with Gasteiger partial charge in [-0.3, -0.25) is 4.79 Å². The molecule has 88 valence electrons. The molecule has 1 atom stereocenters. The van der Waals surface area contributed by atoms with Gasteiger partial charge in [-0.15, -0.1) is 0 Å². The van der Waals surface area contributed by atoms with Crippen molar-refractivity contribution in [1.82, 2.24) is 0 Å². The van der Waals surface area contributed by atoms with Crippen LogP contribution in [0, 0.1) is 0 Å². The minimum atomic E-state index is -0.599. The lowest BCUT2D eigenvalue weighted by molar-refractivity contribution is -0.121. The number of Topliss-reactive ketones (excluding diaryl/α,β-unsaturated/α-hetero) is 1. The largest absolute Gasteiger partial charge is 0.321 e. The van der Waals surface area contributed by atoms with Crippen LogP contribution in [-0.2, 0) is 9.59 Å². The van der Waals surface area contributed by atoms with Crippen LogP contribution in [0.1, 0.15) is 58.3 Å². The summed E-state index contributed by atoms with van der Waals surface area (Å²) in [5, 5.41) is 0. The fourth-order valence-electron chi connectivity index (χ4n) is 1.52. The Morgan fingerprint density at radius 2 is 1.80 bits per heavy atom. The van der Waals surface area contributed by atoms with Crippen LogP contribution < -0.4 is 5.73 Å². The fourth-order valence-corrected chi connectivity index (χ4v) is 1.52. The lowest BCUT2D eigenvalue weighted by atomic mass is 10.0. The van der Waals surface area contributed by atoms with Gasteiger partial charge in [-0.2, -0.15) is 0 Å². The van der Waals surface area contributed by atoms with Crippen molar-refractivity contribution >= 4 is 12.1 Å². The highest BCUT2D eigenvalue weighted by molar-refractivity contribution is 5.82. The second-order valence-electron chi connectivity index (χ2n) is 4.06. The fraction of sp³-hybridized carbons (Fsp3) is 0.833. The monoisotopic (exact) mass is 213 g/mol. The number of carbonyl (C=O) groups excluding carboxylic acids is 2. The number of carbonyl (C=O) groups is 2. The Balaban J connectivity index is 3.27. The molecule has 3 nitrogen and oxygen atoms in total. The average Bonchev–Trinajstić information content (AvgIpc) is 2.23. The molecule has 2 N–H and O–H groups in total. The number of nitrogens with two attached hydrogens (primary N) is 1. The summed E-state index contributed by atoms with van der Waals surface area (Å²) in [6, 6.07) is -0.599. The van der Waals surface area contributed by atoms with Gasteiger partial charge in [0.15, 0.2) is 0 Å². The summed E-state index contributed by atoms with van der Waals surface area (Å²) in [7, 11) is 0. The van der Waals surface area contributed by atoms with Crippen molar-refractivity contribution in [1.29, 1.82) is 0 Å². The van der Waals surface area contributed by atoms with Crippen LogP contribution in [0.25, 0.3) is 0 Å². The predicted octanol–water partition coefficient (Wildman–Crippen LogP) is 2.22. The van der Waals surface area contributed by atoms with E-state index >= 15 is 0 Å². The molecule has 0 saturated heterocycles. The van der Waals surface area contributed by atoms with Gasteiger partial charge >= 0.3 is 0 Å². The van der Waals surface area contributed by atoms with Gasteiger partial charge in [0.25, 0.3) is 0 Å². The second kappa shape index (κ2) is 9.84. The molecule has 0 heterocycles. The molecule has 0 amide bonds. The Morgan fingerprint density at radius 1 is 1.20 bits per heavy atom. The number of rotatable bonds is 10. The molecule has 0 aliphatic heterocycles. The highest BCUT2D eigenvalue weighted by atomic mass is 16.1. The van der Waals surface area contributed by atoms with Crippen molar-refractivity contribution in [2.45, 2.75) is 64.3 Å². The Hall–Kier alpha value is -0.700. The summed E-state index contributed by atoms with van der Waals surface area (Å²) in [5.41, 5.74) is 5.35. The summed E-state index contributed by atoms with van der Waals surface area (Å²) < 4.78 is 0. The van der Waals surface area contributed by atoms with Crippen molar-refractivity contribution in [3.63, 3.8) is 0 Å². The van der Waals surface area contributed by atoms with Gasteiger partial charge in [0, 0.05) is 12.8 Å². The third kappa shape index (κ3) is 9.60. The van der Waals surface area contributed by atoms with Crippen molar-refractivity contribution in [2.24, 2.45) is 5.73 Å². The van der Waals surface area contributed by atoms with E-state index in [4.69, 9.17) is 5.73 Å². The first-order valence-corrected chi connectivity index (χ1v) is 5.93. The van der Waals surface area contributed by atoms with Crippen LogP contribution in [0.3, 0.4) is 0 Å². The Labute approximate surface area is 92.4 Å². The third-order valence-electron chi connectivity index (χ3n) is 2.45. The van der Waals surface area contributed by atoms with Gasteiger partial charge < -0.3 is 10.5 Å². The zero-order valence-electron chi connectivity index (χ0n) is 9.71. The maximum absolute atomic E-state index is 11.3. The lowest BCUT2D eigenvalue weighted by Crippen LogP contribution is -2.24. The molecule has 0 aliphatic carbocycles. The molecule has 0 aromatic carbocycles. The molecule has 0 aromatic rings. The van der Waals surface area contributed by atoms with Gasteiger partial charge in [-0.25, -0.2) is 0 Å². The molecule has 0 aromatic heterocycles. The van der Waals surface area contributed by atoms with Gasteiger partial charge in [0.05, 0.1) is 6.04 Å². The summed E-state index contributed by atoms with van der Waals surface area (Å²) in [6.45, 7) is 2.18. The van der Waals surface area contributed by atoms with Crippen LogP contribution >= 0.6 is 0 Å².